The van der Waals surface area contributed by atoms with Gasteiger partial charge in [0.1, 0.15) is 0 Å². The molecule has 0 spiro atoms. The second-order valence-electron chi connectivity index (χ2n) is 2.92. The first-order valence-corrected chi connectivity index (χ1v) is 10.0. The Morgan fingerprint density at radius 1 is 1.45 bits per heavy atom. The Hall–Kier alpha value is 0.719. The molecule has 2 atom stereocenters. The summed E-state index contributed by atoms with van der Waals surface area (Å²) in [7, 11) is 0. The molecule has 0 saturated carbocycles. The molecular formula is C8H20NOSn. The molecule has 0 aromatic rings. The van der Waals surface area contributed by atoms with E-state index in [9.17, 15) is 0 Å². The van der Waals surface area contributed by atoms with Crippen molar-refractivity contribution < 1.29 is 3.07 Å². The molecule has 0 aliphatic carbocycles. The fourth-order valence-electron chi connectivity index (χ4n) is 1.36. The van der Waals surface area contributed by atoms with Gasteiger partial charge < -0.3 is 0 Å². The maximum atomic E-state index is 5.85. The van der Waals surface area contributed by atoms with Gasteiger partial charge in [-0.15, -0.1) is 0 Å². The summed E-state index contributed by atoms with van der Waals surface area (Å²) in [6.45, 7) is 7.24. The van der Waals surface area contributed by atoms with E-state index in [-0.39, 0.29) is 0 Å². The van der Waals surface area contributed by atoms with Crippen LogP contribution in [0.2, 0.25) is 8.87 Å². The minimum atomic E-state index is -1.54. The van der Waals surface area contributed by atoms with Gasteiger partial charge in [-0.25, -0.2) is 0 Å². The van der Waals surface area contributed by atoms with Crippen LogP contribution in [0.1, 0.15) is 27.2 Å². The van der Waals surface area contributed by atoms with Crippen molar-refractivity contribution in [3.63, 3.8) is 0 Å². The molecule has 0 heterocycles. The molecule has 1 radical (unpaired) electrons. The number of rotatable bonds is 5. The molecule has 0 aliphatic heterocycles. The molecule has 2 N–H and O–H groups in total. The zero-order chi connectivity index (χ0) is 8.85. The first kappa shape index (κ1) is 11.7. The van der Waals surface area contributed by atoms with Crippen LogP contribution in [-0.2, 0) is 3.07 Å². The van der Waals surface area contributed by atoms with Crippen LogP contribution in [-0.4, -0.2) is 32.8 Å². The van der Waals surface area contributed by atoms with Crippen LogP contribution in [0.4, 0.5) is 0 Å². The van der Waals surface area contributed by atoms with E-state index in [1.165, 1.54) is 6.42 Å². The molecular weight excluding hydrogens is 245 g/mol. The van der Waals surface area contributed by atoms with Crippen LogP contribution in [0.5, 0.6) is 0 Å². The summed E-state index contributed by atoms with van der Waals surface area (Å²) in [5, 5.41) is 0. The normalized spacial score (nSPS) is 16.9. The summed E-state index contributed by atoms with van der Waals surface area (Å²) in [6.07, 6.45) is 1.18. The standard InChI is InChI=1S/C5H12N.C2H5O.CH3.Sn/c1-3-4-5(2)6;1-2-3;;/h4-5H,3,6H2,1-2H3;2H2,1H3;1H3;/q;-1;;+1. The van der Waals surface area contributed by atoms with Crippen LogP contribution in [0.3, 0.4) is 0 Å². The van der Waals surface area contributed by atoms with E-state index < -0.39 is 20.2 Å². The Morgan fingerprint density at radius 3 is 2.27 bits per heavy atom. The van der Waals surface area contributed by atoms with E-state index in [1.807, 2.05) is 0 Å². The van der Waals surface area contributed by atoms with E-state index in [1.54, 1.807) is 0 Å². The predicted octanol–water partition coefficient (Wildman–Crippen LogP) is 1.77. The third-order valence-electron chi connectivity index (χ3n) is 1.97. The zero-order valence-electron chi connectivity index (χ0n) is 8.05. The van der Waals surface area contributed by atoms with E-state index in [2.05, 4.69) is 25.7 Å². The van der Waals surface area contributed by atoms with Crippen LogP contribution >= 0.6 is 0 Å². The van der Waals surface area contributed by atoms with Crippen molar-refractivity contribution >= 4 is 20.2 Å². The summed E-state index contributed by atoms with van der Waals surface area (Å²) in [5.41, 5.74) is 5.85. The van der Waals surface area contributed by atoms with E-state index in [0.29, 0.717) is 9.98 Å². The van der Waals surface area contributed by atoms with Gasteiger partial charge in [0.25, 0.3) is 0 Å². The van der Waals surface area contributed by atoms with Crippen LogP contribution in [0.15, 0.2) is 0 Å². The first-order chi connectivity index (χ1) is 5.13. The quantitative estimate of drug-likeness (QED) is 0.769. The molecule has 11 heavy (non-hydrogen) atoms. The van der Waals surface area contributed by atoms with Crippen molar-refractivity contribution in [2.24, 2.45) is 5.73 Å². The van der Waals surface area contributed by atoms with Gasteiger partial charge in [0.15, 0.2) is 0 Å². The summed E-state index contributed by atoms with van der Waals surface area (Å²) in [4.78, 5) is 2.29. The maximum absolute atomic E-state index is 5.85. The molecule has 2 unspecified atom stereocenters. The van der Waals surface area contributed by atoms with E-state index in [4.69, 9.17) is 8.81 Å². The molecule has 3 heteroatoms. The van der Waals surface area contributed by atoms with Crippen molar-refractivity contribution in [1.82, 2.24) is 0 Å². The van der Waals surface area contributed by atoms with Crippen LogP contribution < -0.4 is 5.73 Å². The Kier molecular flexibility index (Phi) is 6.67. The fraction of sp³-hybridized carbons (Fsp3) is 1.00. The van der Waals surface area contributed by atoms with Crippen molar-refractivity contribution in [3.05, 3.63) is 0 Å². The van der Waals surface area contributed by atoms with Crippen LogP contribution in [0, 0.1) is 0 Å². The molecule has 0 aromatic heterocycles. The Balaban J connectivity index is 3.81. The van der Waals surface area contributed by atoms with Gasteiger partial charge in [-0.2, -0.15) is 0 Å². The van der Waals surface area contributed by atoms with Crippen LogP contribution in [0.25, 0.3) is 0 Å². The van der Waals surface area contributed by atoms with Gasteiger partial charge in [0, 0.05) is 0 Å². The molecule has 0 amide bonds. The summed E-state index contributed by atoms with van der Waals surface area (Å²) in [5.74, 6) is 0. The topological polar surface area (TPSA) is 35.2 Å². The first-order valence-electron chi connectivity index (χ1n) is 4.35. The Bertz CT molecular complexity index is 98.1. The average molecular weight is 265 g/mol. The van der Waals surface area contributed by atoms with E-state index >= 15 is 0 Å². The number of hydrogen-bond acceptors (Lipinski definition) is 2. The molecule has 0 saturated heterocycles. The van der Waals surface area contributed by atoms with E-state index in [0.717, 1.165) is 6.61 Å². The monoisotopic (exact) mass is 266 g/mol. The molecule has 0 bridgehead atoms. The Labute approximate surface area is 77.8 Å². The van der Waals surface area contributed by atoms with Gasteiger partial charge in [-0.1, -0.05) is 0 Å². The summed E-state index contributed by atoms with van der Waals surface area (Å²) in [6, 6.07) is 0.325. The second kappa shape index (κ2) is 6.26. The zero-order valence-corrected chi connectivity index (χ0v) is 10.9. The van der Waals surface area contributed by atoms with Gasteiger partial charge >= 0.3 is 77.7 Å². The average Bonchev–Trinajstić information content (AvgIpc) is 1.88. The molecule has 67 valence electrons. The van der Waals surface area contributed by atoms with Crippen molar-refractivity contribution in [2.75, 3.05) is 6.61 Å². The fourth-order valence-corrected chi connectivity index (χ4v) is 7.03. The molecule has 2 nitrogen and oxygen atoms in total. The minimum absolute atomic E-state index is 0.325. The van der Waals surface area contributed by atoms with Gasteiger partial charge in [-0.05, 0) is 0 Å². The van der Waals surface area contributed by atoms with Gasteiger partial charge in [0.05, 0.1) is 0 Å². The predicted molar refractivity (Wildman–Crippen MR) is 50.9 cm³/mol. The van der Waals surface area contributed by atoms with Crippen molar-refractivity contribution in [1.29, 1.82) is 0 Å². The third-order valence-corrected chi connectivity index (χ3v) is 9.74. The summed E-state index contributed by atoms with van der Waals surface area (Å²) < 4.78 is 6.36. The van der Waals surface area contributed by atoms with Gasteiger partial charge in [-0.3, -0.25) is 0 Å². The molecule has 0 rings (SSSR count). The number of hydrogen-bond donors (Lipinski definition) is 1. The van der Waals surface area contributed by atoms with Crippen molar-refractivity contribution in [2.45, 2.75) is 42.1 Å². The van der Waals surface area contributed by atoms with Gasteiger partial charge in [0.2, 0.25) is 0 Å². The SMILES string of the molecule is CC[O][Sn]([CH3])[CH](CC)C(C)N. The van der Waals surface area contributed by atoms with Crippen molar-refractivity contribution in [3.8, 4) is 0 Å². The summed E-state index contributed by atoms with van der Waals surface area (Å²) >= 11 is -1.54. The molecule has 0 aromatic carbocycles. The second-order valence-corrected chi connectivity index (χ2v) is 9.34. The third kappa shape index (κ3) is 4.33. The Morgan fingerprint density at radius 2 is 2.00 bits per heavy atom. The molecule has 0 fully saturated rings. The number of nitrogens with two attached hydrogens (primary N) is 1. The molecule has 0 aliphatic rings.